The summed E-state index contributed by atoms with van der Waals surface area (Å²) in [6, 6.07) is 34.0. The van der Waals surface area contributed by atoms with Crippen LogP contribution in [0.4, 0.5) is 5.82 Å². The summed E-state index contributed by atoms with van der Waals surface area (Å²) < 4.78 is 24.3. The summed E-state index contributed by atoms with van der Waals surface area (Å²) in [7, 11) is 2.31. The van der Waals surface area contributed by atoms with Gasteiger partial charge in [-0.1, -0.05) is 91.0 Å². The van der Waals surface area contributed by atoms with Crippen molar-refractivity contribution in [2.24, 2.45) is 4.99 Å². The molecular formula is C41H50N9O3P. The monoisotopic (exact) mass is 747 g/mol. The van der Waals surface area contributed by atoms with Gasteiger partial charge in [-0.05, 0) is 44.4 Å². The summed E-state index contributed by atoms with van der Waals surface area (Å²) >= 11 is 0. The largest absolute Gasteiger partial charge is 0.369 e. The van der Waals surface area contributed by atoms with E-state index in [2.05, 4.69) is 132 Å². The average Bonchev–Trinajstić information content (AvgIpc) is 3.80. The van der Waals surface area contributed by atoms with Crippen LogP contribution >= 0.6 is 8.53 Å². The van der Waals surface area contributed by atoms with Crippen molar-refractivity contribution < 1.29 is 13.8 Å². The number of aliphatic imine (C=N–C) groups is 1. The van der Waals surface area contributed by atoms with E-state index < -0.39 is 26.4 Å². The number of benzene rings is 3. The summed E-state index contributed by atoms with van der Waals surface area (Å²) in [4.78, 5) is 20.1. The smallest absolute Gasteiger partial charge is 0.259 e. The first-order valence-corrected chi connectivity index (χ1v) is 19.5. The standard InChI is InChI=1S/C41H50N9O3P/c1-30(2)50(31(3)4)54(51-24-16-23-42)52-26-36-35(25-37(53-36)49-29-45-38-39(46-28-48(5)6)43-27-44-40(38)49)47-41(32-17-10-7-11-18-32,33-19-12-8-13-20-33)34-21-14-9-15-22-34/h7-15,17-22,27-31,35-37,47H,16,24-26H2,1-6H3/b46-28-. The number of nitriles is 1. The molecular weight excluding hydrogens is 697 g/mol. The van der Waals surface area contributed by atoms with Gasteiger partial charge in [0.1, 0.15) is 12.6 Å². The Morgan fingerprint density at radius 1 is 0.926 bits per heavy atom. The van der Waals surface area contributed by atoms with Crippen molar-refractivity contribution >= 4 is 31.8 Å². The predicted molar refractivity (Wildman–Crippen MR) is 213 cm³/mol. The van der Waals surface area contributed by atoms with Crippen molar-refractivity contribution in [3.05, 3.63) is 120 Å². The van der Waals surface area contributed by atoms with Gasteiger partial charge in [0.2, 0.25) is 0 Å². The second-order valence-electron chi connectivity index (χ2n) is 14.0. The molecule has 0 bridgehead atoms. The number of nitrogens with one attached hydrogen (secondary N) is 1. The van der Waals surface area contributed by atoms with Gasteiger partial charge in [0, 0.05) is 38.6 Å². The Morgan fingerprint density at radius 3 is 2.06 bits per heavy atom. The molecule has 0 radical (unpaired) electrons. The van der Waals surface area contributed by atoms with Gasteiger partial charge >= 0.3 is 0 Å². The van der Waals surface area contributed by atoms with Gasteiger partial charge < -0.3 is 18.7 Å². The highest BCUT2D eigenvalue weighted by molar-refractivity contribution is 7.44. The zero-order valence-electron chi connectivity index (χ0n) is 31.9. The number of aromatic nitrogens is 4. The summed E-state index contributed by atoms with van der Waals surface area (Å²) in [5, 5.41) is 13.5. The lowest BCUT2D eigenvalue weighted by Gasteiger charge is -2.40. The Kier molecular flexibility index (Phi) is 13.1. The Hall–Kier alpha value is -4.60. The number of imidazole rings is 1. The normalized spacial score (nSPS) is 18.3. The van der Waals surface area contributed by atoms with Gasteiger partial charge in [-0.15, -0.1) is 0 Å². The Morgan fingerprint density at radius 2 is 1.52 bits per heavy atom. The lowest BCUT2D eigenvalue weighted by Crippen LogP contribution is -2.53. The number of ether oxygens (including phenoxy) is 1. The zero-order chi connectivity index (χ0) is 38.1. The van der Waals surface area contributed by atoms with Crippen molar-refractivity contribution in [2.45, 2.75) is 76.5 Å². The molecule has 282 valence electrons. The molecule has 0 saturated carbocycles. The van der Waals surface area contributed by atoms with Gasteiger partial charge in [0.05, 0.1) is 50.0 Å². The molecule has 0 amide bonds. The fourth-order valence-corrected chi connectivity index (χ4v) is 8.68. The van der Waals surface area contributed by atoms with E-state index >= 15 is 0 Å². The Balaban J connectivity index is 1.43. The van der Waals surface area contributed by atoms with E-state index in [0.29, 0.717) is 23.4 Å². The molecule has 0 aliphatic carbocycles. The molecule has 54 heavy (non-hydrogen) atoms. The number of hydrogen-bond acceptors (Lipinski definition) is 10. The fourth-order valence-electron chi connectivity index (χ4n) is 7.07. The molecule has 4 unspecified atom stereocenters. The van der Waals surface area contributed by atoms with E-state index in [0.717, 1.165) is 16.7 Å². The molecule has 5 aromatic rings. The highest BCUT2D eigenvalue weighted by Gasteiger charge is 2.45. The van der Waals surface area contributed by atoms with Crippen molar-refractivity contribution in [3.63, 3.8) is 0 Å². The van der Waals surface area contributed by atoms with E-state index in [-0.39, 0.29) is 37.8 Å². The van der Waals surface area contributed by atoms with Crippen LogP contribution in [-0.4, -0.2) is 87.0 Å². The zero-order valence-corrected chi connectivity index (χ0v) is 32.8. The maximum absolute atomic E-state index is 9.30. The Bertz CT molecular complexity index is 1880. The van der Waals surface area contributed by atoms with Crippen LogP contribution in [0.25, 0.3) is 11.2 Å². The maximum atomic E-state index is 9.30. The molecule has 1 saturated heterocycles. The third-order valence-electron chi connectivity index (χ3n) is 9.33. The molecule has 12 nitrogen and oxygen atoms in total. The molecule has 1 fully saturated rings. The van der Waals surface area contributed by atoms with E-state index in [1.807, 2.05) is 41.8 Å². The van der Waals surface area contributed by atoms with Crippen molar-refractivity contribution in [3.8, 4) is 6.07 Å². The van der Waals surface area contributed by atoms with Crippen LogP contribution in [0.3, 0.4) is 0 Å². The van der Waals surface area contributed by atoms with Crippen molar-refractivity contribution in [2.75, 3.05) is 27.3 Å². The second kappa shape index (κ2) is 18.2. The van der Waals surface area contributed by atoms with Gasteiger partial charge in [-0.2, -0.15) is 5.26 Å². The minimum Gasteiger partial charge on any atom is -0.369 e. The average molecular weight is 748 g/mol. The molecule has 6 rings (SSSR count). The van der Waals surface area contributed by atoms with E-state index in [1.165, 1.54) is 6.33 Å². The predicted octanol–water partition coefficient (Wildman–Crippen LogP) is 7.58. The van der Waals surface area contributed by atoms with Crippen molar-refractivity contribution in [1.29, 1.82) is 5.26 Å². The molecule has 0 spiro atoms. The molecule has 1 aliphatic heterocycles. The minimum absolute atomic E-state index is 0.160. The van der Waals surface area contributed by atoms with Crippen LogP contribution < -0.4 is 5.32 Å². The molecule has 3 heterocycles. The number of fused-ring (bicyclic) bond motifs is 1. The highest BCUT2D eigenvalue weighted by Crippen LogP contribution is 2.47. The molecule has 1 N–H and O–H groups in total. The van der Waals surface area contributed by atoms with E-state index in [1.54, 1.807) is 12.7 Å². The molecule has 4 atom stereocenters. The van der Waals surface area contributed by atoms with Gasteiger partial charge in [-0.25, -0.2) is 24.6 Å². The Labute approximate surface area is 319 Å². The summed E-state index contributed by atoms with van der Waals surface area (Å²) in [5.41, 5.74) is 3.78. The first-order chi connectivity index (χ1) is 26.2. The van der Waals surface area contributed by atoms with Gasteiger partial charge in [0.15, 0.2) is 17.0 Å². The third-order valence-corrected chi connectivity index (χ3v) is 11.4. The highest BCUT2D eigenvalue weighted by atomic mass is 31.2. The van der Waals surface area contributed by atoms with Crippen LogP contribution in [0.15, 0.2) is 109 Å². The molecule has 1 aliphatic rings. The van der Waals surface area contributed by atoms with Gasteiger partial charge in [-0.3, -0.25) is 9.88 Å². The summed E-state index contributed by atoms with van der Waals surface area (Å²) in [6.07, 6.45) is 4.99. The SMILES string of the molecule is CC(C)N(C(C)C)P(OCCC#N)OCC1OC(n2cnc3c(/N=C\N(C)C)ncnc32)CC1NC(c1ccccc1)(c1ccccc1)c1ccccc1. The second-order valence-corrected chi connectivity index (χ2v) is 15.5. The van der Waals surface area contributed by atoms with Crippen molar-refractivity contribution in [1.82, 2.24) is 34.4 Å². The first-order valence-electron chi connectivity index (χ1n) is 18.4. The van der Waals surface area contributed by atoms with Crippen LogP contribution in [0.5, 0.6) is 0 Å². The van der Waals surface area contributed by atoms with Crippen LogP contribution in [-0.2, 0) is 19.3 Å². The van der Waals surface area contributed by atoms with Gasteiger partial charge in [0.25, 0.3) is 8.53 Å². The van der Waals surface area contributed by atoms with Crippen LogP contribution in [0, 0.1) is 11.3 Å². The first kappa shape index (κ1) is 39.1. The van der Waals surface area contributed by atoms with Crippen LogP contribution in [0.1, 0.15) is 63.5 Å². The number of hydrogen-bond donors (Lipinski definition) is 1. The van der Waals surface area contributed by atoms with Crippen LogP contribution in [0.2, 0.25) is 0 Å². The summed E-state index contributed by atoms with van der Waals surface area (Å²) in [5.74, 6) is 0.485. The molecule has 3 aromatic carbocycles. The molecule has 2 aromatic heterocycles. The third kappa shape index (κ3) is 8.68. The quantitative estimate of drug-likeness (QED) is 0.0335. The fraction of sp³-hybridized carbons (Fsp3) is 0.390. The topological polar surface area (TPSA) is 126 Å². The number of nitrogens with zero attached hydrogens (tertiary/aromatic N) is 8. The van der Waals surface area contributed by atoms with E-state index in [4.69, 9.17) is 18.8 Å². The number of rotatable bonds is 17. The molecule has 13 heteroatoms. The summed E-state index contributed by atoms with van der Waals surface area (Å²) in [6.45, 7) is 9.07. The maximum Gasteiger partial charge on any atom is 0.259 e. The van der Waals surface area contributed by atoms with E-state index in [9.17, 15) is 5.26 Å². The minimum atomic E-state index is -1.50. The lowest BCUT2D eigenvalue weighted by atomic mass is 9.76. The lowest BCUT2D eigenvalue weighted by molar-refractivity contribution is -0.0242.